The van der Waals surface area contributed by atoms with Gasteiger partial charge in [0.15, 0.2) is 0 Å². The Hall–Kier alpha value is -2.28. The molecule has 0 aromatic heterocycles. The molecule has 3 rings (SSSR count). The number of benzene rings is 1. The highest BCUT2D eigenvalue weighted by molar-refractivity contribution is 6.34. The molecule has 2 aliphatic heterocycles. The maximum atomic E-state index is 14.0. The van der Waals surface area contributed by atoms with E-state index in [9.17, 15) is 14.0 Å². The van der Waals surface area contributed by atoms with Gasteiger partial charge in [0, 0.05) is 31.1 Å². The maximum absolute atomic E-state index is 14.0. The van der Waals surface area contributed by atoms with Crippen molar-refractivity contribution in [3.63, 3.8) is 0 Å². The van der Waals surface area contributed by atoms with Crippen LogP contribution in [0, 0.1) is 5.82 Å². The highest BCUT2D eigenvalue weighted by atomic mass is 35.5. The van der Waals surface area contributed by atoms with Crippen LogP contribution >= 0.6 is 11.6 Å². The van der Waals surface area contributed by atoms with E-state index in [1.165, 1.54) is 11.0 Å². The minimum Gasteiger partial charge on any atom is -0.489 e. The number of anilines is 1. The lowest BCUT2D eigenvalue weighted by Gasteiger charge is -2.25. The van der Waals surface area contributed by atoms with Crippen LogP contribution in [0.4, 0.5) is 14.9 Å². The molecule has 0 saturated carbocycles. The number of rotatable bonds is 3. The Morgan fingerprint density at radius 3 is 2.88 bits per heavy atom. The summed E-state index contributed by atoms with van der Waals surface area (Å²) in [4.78, 5) is 23.7. The summed E-state index contributed by atoms with van der Waals surface area (Å²) in [5, 5.41) is 11.4. The Morgan fingerprint density at radius 2 is 2.21 bits per heavy atom. The van der Waals surface area contributed by atoms with Gasteiger partial charge in [0.05, 0.1) is 5.69 Å². The van der Waals surface area contributed by atoms with Gasteiger partial charge in [-0.15, -0.1) is 0 Å². The fraction of sp³-hybridized carbons (Fsp3) is 0.375. The third kappa shape index (κ3) is 3.31. The lowest BCUT2D eigenvalue weighted by molar-refractivity contribution is -0.116. The molecule has 1 aromatic rings. The molecule has 6 nitrogen and oxygen atoms in total. The summed E-state index contributed by atoms with van der Waals surface area (Å²) in [6, 6.07) is 1.23. The summed E-state index contributed by atoms with van der Waals surface area (Å²) in [5.74, 6) is -0.500. The number of nitrogens with one attached hydrogen (secondary N) is 1. The van der Waals surface area contributed by atoms with Crippen LogP contribution in [-0.2, 0) is 11.2 Å². The number of hydrogen-bond donors (Lipinski definition) is 2. The average molecular weight is 355 g/mol. The van der Waals surface area contributed by atoms with E-state index in [0.717, 1.165) is 5.57 Å². The summed E-state index contributed by atoms with van der Waals surface area (Å²) in [7, 11) is 0. The van der Waals surface area contributed by atoms with Gasteiger partial charge in [-0.2, -0.15) is 0 Å². The van der Waals surface area contributed by atoms with E-state index in [2.05, 4.69) is 5.32 Å². The number of carbonyl (C=O) groups is 2. The Labute approximate surface area is 142 Å². The number of ether oxygens (including phenoxy) is 1. The van der Waals surface area contributed by atoms with Crippen LogP contribution in [0.15, 0.2) is 17.7 Å². The Balaban J connectivity index is 1.75. The van der Waals surface area contributed by atoms with Gasteiger partial charge >= 0.3 is 6.09 Å². The summed E-state index contributed by atoms with van der Waals surface area (Å²) < 4.78 is 19.7. The molecule has 0 fully saturated rings. The first-order chi connectivity index (χ1) is 11.5. The van der Waals surface area contributed by atoms with Crippen LogP contribution in [0.1, 0.15) is 18.4 Å². The van der Waals surface area contributed by atoms with E-state index in [0.29, 0.717) is 43.7 Å². The van der Waals surface area contributed by atoms with Crippen LogP contribution in [0.5, 0.6) is 5.75 Å². The molecule has 0 saturated heterocycles. The van der Waals surface area contributed by atoms with Crippen molar-refractivity contribution in [3.05, 3.63) is 34.1 Å². The van der Waals surface area contributed by atoms with Crippen LogP contribution in [0.3, 0.4) is 0 Å². The molecule has 0 spiro atoms. The second-order valence-corrected chi connectivity index (χ2v) is 6.08. The molecule has 2 amide bonds. The van der Waals surface area contributed by atoms with E-state index in [4.69, 9.17) is 21.4 Å². The number of hydrogen-bond acceptors (Lipinski definition) is 3. The van der Waals surface area contributed by atoms with Crippen molar-refractivity contribution in [2.24, 2.45) is 0 Å². The highest BCUT2D eigenvalue weighted by Crippen LogP contribution is 2.39. The molecular formula is C16H16ClFN2O4. The predicted octanol–water partition coefficient (Wildman–Crippen LogP) is 3.05. The SMILES string of the molecule is O=C1CCc2c(OCC3=CCN(C(=O)O)CC3)cc(F)c(Cl)c2N1. The first-order valence-electron chi connectivity index (χ1n) is 7.55. The number of halogens is 2. The Bertz CT molecular complexity index is 735. The van der Waals surface area contributed by atoms with E-state index in [1.807, 2.05) is 0 Å². The number of carboxylic acid groups (broad SMARTS) is 1. The minimum atomic E-state index is -0.948. The van der Waals surface area contributed by atoms with Crippen LogP contribution < -0.4 is 10.1 Å². The molecule has 2 N–H and O–H groups in total. The highest BCUT2D eigenvalue weighted by Gasteiger charge is 2.24. The first kappa shape index (κ1) is 16.6. The lowest BCUT2D eigenvalue weighted by atomic mass is 10.0. The summed E-state index contributed by atoms with van der Waals surface area (Å²) in [6.07, 6.45) is 2.15. The Morgan fingerprint density at radius 1 is 1.42 bits per heavy atom. The van der Waals surface area contributed by atoms with Crippen molar-refractivity contribution in [1.29, 1.82) is 0 Å². The summed E-state index contributed by atoms with van der Waals surface area (Å²) in [6.45, 7) is 0.972. The zero-order valence-corrected chi connectivity index (χ0v) is 13.5. The summed E-state index contributed by atoms with van der Waals surface area (Å²) in [5.41, 5.74) is 1.92. The number of nitrogens with zero attached hydrogens (tertiary/aromatic N) is 1. The Kier molecular flexibility index (Phi) is 4.62. The minimum absolute atomic E-state index is 0.112. The van der Waals surface area contributed by atoms with Gasteiger partial charge in [0.1, 0.15) is 23.2 Å². The van der Waals surface area contributed by atoms with Crippen molar-refractivity contribution in [1.82, 2.24) is 4.90 Å². The van der Waals surface area contributed by atoms with Crippen LogP contribution in [0.2, 0.25) is 5.02 Å². The van der Waals surface area contributed by atoms with Gasteiger partial charge in [-0.05, 0) is 18.4 Å². The van der Waals surface area contributed by atoms with Gasteiger partial charge in [-0.1, -0.05) is 17.7 Å². The molecule has 0 unspecified atom stereocenters. The van der Waals surface area contributed by atoms with E-state index in [1.54, 1.807) is 6.08 Å². The first-order valence-corrected chi connectivity index (χ1v) is 7.93. The van der Waals surface area contributed by atoms with Crippen molar-refractivity contribution < 1.29 is 23.8 Å². The van der Waals surface area contributed by atoms with E-state index >= 15 is 0 Å². The van der Waals surface area contributed by atoms with Gasteiger partial charge in [0.2, 0.25) is 5.91 Å². The molecule has 0 atom stereocenters. The quantitative estimate of drug-likeness (QED) is 0.818. The maximum Gasteiger partial charge on any atom is 0.407 e. The molecule has 1 aromatic carbocycles. The van der Waals surface area contributed by atoms with E-state index in [-0.39, 0.29) is 23.2 Å². The number of amides is 2. The molecule has 2 heterocycles. The zero-order chi connectivity index (χ0) is 17.3. The van der Waals surface area contributed by atoms with Crippen LogP contribution in [-0.4, -0.2) is 41.7 Å². The van der Waals surface area contributed by atoms with Gasteiger partial charge < -0.3 is 20.1 Å². The molecule has 128 valence electrons. The standard InChI is InChI=1S/C16H16ClFN2O4/c17-14-11(18)7-12(10-1-2-13(21)19-15(10)14)24-8-9-3-5-20(6-4-9)16(22)23/h3,7H,1-2,4-6,8H2,(H,19,21)(H,22,23). The second-order valence-electron chi connectivity index (χ2n) is 5.70. The van der Waals surface area contributed by atoms with Crippen molar-refractivity contribution in [2.75, 3.05) is 25.0 Å². The fourth-order valence-corrected chi connectivity index (χ4v) is 2.99. The largest absolute Gasteiger partial charge is 0.489 e. The van der Waals surface area contributed by atoms with Gasteiger partial charge in [-0.25, -0.2) is 9.18 Å². The molecule has 0 aliphatic carbocycles. The topological polar surface area (TPSA) is 78.9 Å². The van der Waals surface area contributed by atoms with E-state index < -0.39 is 11.9 Å². The van der Waals surface area contributed by atoms with Gasteiger partial charge in [0.25, 0.3) is 0 Å². The average Bonchev–Trinajstić information content (AvgIpc) is 2.57. The fourth-order valence-electron chi connectivity index (χ4n) is 2.77. The van der Waals surface area contributed by atoms with Crippen molar-refractivity contribution in [3.8, 4) is 5.75 Å². The predicted molar refractivity (Wildman–Crippen MR) is 86.2 cm³/mol. The molecule has 24 heavy (non-hydrogen) atoms. The zero-order valence-electron chi connectivity index (χ0n) is 12.8. The van der Waals surface area contributed by atoms with Crippen molar-refractivity contribution in [2.45, 2.75) is 19.3 Å². The summed E-state index contributed by atoms with van der Waals surface area (Å²) >= 11 is 5.93. The smallest absolute Gasteiger partial charge is 0.407 e. The number of carbonyl (C=O) groups excluding carboxylic acids is 1. The molecule has 2 aliphatic rings. The monoisotopic (exact) mass is 354 g/mol. The molecule has 8 heteroatoms. The third-order valence-corrected chi connectivity index (χ3v) is 4.51. The lowest BCUT2D eigenvalue weighted by Crippen LogP contribution is -2.34. The normalized spacial score (nSPS) is 17.0. The van der Waals surface area contributed by atoms with Crippen molar-refractivity contribution >= 4 is 29.3 Å². The third-order valence-electron chi connectivity index (χ3n) is 4.14. The van der Waals surface area contributed by atoms with Crippen LogP contribution in [0.25, 0.3) is 0 Å². The second kappa shape index (κ2) is 6.68. The van der Waals surface area contributed by atoms with Gasteiger partial charge in [-0.3, -0.25) is 4.79 Å². The molecular weight excluding hydrogens is 339 g/mol. The number of fused-ring (bicyclic) bond motifs is 1. The molecule has 0 radical (unpaired) electrons. The molecule has 0 bridgehead atoms.